The Labute approximate surface area is 153 Å². The molecule has 1 heterocycles. The molecule has 1 aliphatic heterocycles. The Kier molecular flexibility index (Phi) is 8.90. The standard InChI is InChI=1S/C16H23FN4O.HI/c1-18-16(19-11-13-7-3-4-8-14(13)17)20-12-15(22)21-9-5-2-6-10-21;/h3-4,7-8H,2,5-6,9-12H2,1H3,(H2,18,19,20);1H. The lowest BCUT2D eigenvalue weighted by molar-refractivity contribution is -0.130. The molecule has 128 valence electrons. The van der Waals surface area contributed by atoms with Gasteiger partial charge in [-0.25, -0.2) is 4.39 Å². The van der Waals surface area contributed by atoms with Crippen LogP contribution >= 0.6 is 24.0 Å². The maximum atomic E-state index is 13.5. The number of piperidine rings is 1. The van der Waals surface area contributed by atoms with Gasteiger partial charge in [0.25, 0.3) is 0 Å². The van der Waals surface area contributed by atoms with Crippen molar-refractivity contribution in [1.29, 1.82) is 0 Å². The predicted molar refractivity (Wildman–Crippen MR) is 100 cm³/mol. The third-order valence-corrected chi connectivity index (χ3v) is 3.74. The van der Waals surface area contributed by atoms with Gasteiger partial charge in [0.05, 0.1) is 6.54 Å². The van der Waals surface area contributed by atoms with E-state index in [0.717, 1.165) is 25.9 Å². The molecule has 0 aromatic heterocycles. The minimum Gasteiger partial charge on any atom is -0.352 e. The van der Waals surface area contributed by atoms with Crippen LogP contribution in [0.25, 0.3) is 0 Å². The molecular formula is C16H24FIN4O. The lowest BCUT2D eigenvalue weighted by Crippen LogP contribution is -2.45. The van der Waals surface area contributed by atoms with Crippen LogP contribution in [-0.2, 0) is 11.3 Å². The summed E-state index contributed by atoms with van der Waals surface area (Å²) in [6, 6.07) is 6.58. The molecule has 0 atom stereocenters. The summed E-state index contributed by atoms with van der Waals surface area (Å²) < 4.78 is 13.5. The van der Waals surface area contributed by atoms with Crippen molar-refractivity contribution in [2.24, 2.45) is 4.99 Å². The Bertz CT molecular complexity index is 533. The molecule has 0 spiro atoms. The van der Waals surface area contributed by atoms with Gasteiger partial charge in [-0.3, -0.25) is 9.79 Å². The van der Waals surface area contributed by atoms with Crippen LogP contribution in [0.3, 0.4) is 0 Å². The van der Waals surface area contributed by atoms with Gasteiger partial charge >= 0.3 is 0 Å². The summed E-state index contributed by atoms with van der Waals surface area (Å²) in [5.74, 6) is 0.317. The molecule has 0 aliphatic carbocycles. The van der Waals surface area contributed by atoms with Gasteiger partial charge in [-0.1, -0.05) is 18.2 Å². The van der Waals surface area contributed by atoms with Crippen LogP contribution in [-0.4, -0.2) is 43.4 Å². The van der Waals surface area contributed by atoms with Crippen molar-refractivity contribution in [3.8, 4) is 0 Å². The van der Waals surface area contributed by atoms with Crippen LogP contribution in [0.5, 0.6) is 0 Å². The average Bonchev–Trinajstić information content (AvgIpc) is 2.57. The molecule has 7 heteroatoms. The van der Waals surface area contributed by atoms with Crippen LogP contribution in [0.2, 0.25) is 0 Å². The lowest BCUT2D eigenvalue weighted by atomic mass is 10.1. The van der Waals surface area contributed by atoms with Crippen molar-refractivity contribution in [1.82, 2.24) is 15.5 Å². The Morgan fingerprint density at radius 1 is 1.22 bits per heavy atom. The van der Waals surface area contributed by atoms with Crippen LogP contribution < -0.4 is 10.6 Å². The quantitative estimate of drug-likeness (QED) is 0.434. The number of hydrogen-bond acceptors (Lipinski definition) is 2. The largest absolute Gasteiger partial charge is 0.352 e. The number of halogens is 2. The summed E-state index contributed by atoms with van der Waals surface area (Å²) in [6.07, 6.45) is 3.35. The first-order valence-electron chi connectivity index (χ1n) is 7.66. The van der Waals surface area contributed by atoms with E-state index in [9.17, 15) is 9.18 Å². The second kappa shape index (κ2) is 10.4. The Morgan fingerprint density at radius 3 is 2.57 bits per heavy atom. The van der Waals surface area contributed by atoms with E-state index in [1.54, 1.807) is 25.2 Å². The van der Waals surface area contributed by atoms with E-state index in [4.69, 9.17) is 0 Å². The highest BCUT2D eigenvalue weighted by Gasteiger charge is 2.16. The number of guanidine groups is 1. The van der Waals surface area contributed by atoms with Gasteiger partial charge in [-0.15, -0.1) is 24.0 Å². The molecule has 2 N–H and O–H groups in total. The zero-order chi connectivity index (χ0) is 15.8. The number of carbonyl (C=O) groups is 1. The van der Waals surface area contributed by atoms with E-state index < -0.39 is 0 Å². The topological polar surface area (TPSA) is 56.7 Å². The number of aliphatic imine (C=N–C) groups is 1. The highest BCUT2D eigenvalue weighted by atomic mass is 127. The fraction of sp³-hybridized carbons (Fsp3) is 0.500. The van der Waals surface area contributed by atoms with Gasteiger partial charge in [0.2, 0.25) is 5.91 Å². The van der Waals surface area contributed by atoms with Crippen molar-refractivity contribution in [2.75, 3.05) is 26.7 Å². The maximum absolute atomic E-state index is 13.5. The first-order chi connectivity index (χ1) is 10.7. The summed E-state index contributed by atoms with van der Waals surface area (Å²) in [5, 5.41) is 5.99. The SMILES string of the molecule is CN=C(NCC(=O)N1CCCCC1)NCc1ccccc1F.I. The predicted octanol–water partition coefficient (Wildman–Crippen LogP) is 2.12. The van der Waals surface area contributed by atoms with E-state index in [-0.39, 0.29) is 42.2 Å². The molecule has 0 saturated carbocycles. The summed E-state index contributed by atoms with van der Waals surface area (Å²) in [7, 11) is 1.63. The molecule has 0 unspecified atom stereocenters. The average molecular weight is 434 g/mol. The van der Waals surface area contributed by atoms with Gasteiger partial charge in [0.15, 0.2) is 5.96 Å². The van der Waals surface area contributed by atoms with E-state index in [1.165, 1.54) is 12.5 Å². The molecule has 2 rings (SSSR count). The molecular weight excluding hydrogens is 410 g/mol. The Hall–Kier alpha value is -1.38. The second-order valence-electron chi connectivity index (χ2n) is 5.31. The third-order valence-electron chi connectivity index (χ3n) is 3.74. The number of nitrogens with zero attached hydrogens (tertiary/aromatic N) is 2. The first-order valence-corrected chi connectivity index (χ1v) is 7.66. The normalized spacial score (nSPS) is 14.9. The van der Waals surface area contributed by atoms with Crippen LogP contribution in [0.15, 0.2) is 29.3 Å². The third kappa shape index (κ3) is 6.32. The van der Waals surface area contributed by atoms with E-state index in [2.05, 4.69) is 15.6 Å². The minimum absolute atomic E-state index is 0. The number of benzene rings is 1. The molecule has 1 fully saturated rings. The van der Waals surface area contributed by atoms with E-state index >= 15 is 0 Å². The summed E-state index contributed by atoms with van der Waals surface area (Å²) >= 11 is 0. The molecule has 1 amide bonds. The van der Waals surface area contributed by atoms with Gasteiger partial charge in [0.1, 0.15) is 5.82 Å². The van der Waals surface area contributed by atoms with Gasteiger partial charge in [0, 0.05) is 32.2 Å². The monoisotopic (exact) mass is 434 g/mol. The minimum atomic E-state index is -0.255. The Balaban J connectivity index is 0.00000264. The molecule has 1 aromatic carbocycles. The number of amides is 1. The number of nitrogens with one attached hydrogen (secondary N) is 2. The van der Waals surface area contributed by atoms with Crippen molar-refractivity contribution in [3.05, 3.63) is 35.6 Å². The number of rotatable bonds is 4. The van der Waals surface area contributed by atoms with Crippen LogP contribution in [0.4, 0.5) is 4.39 Å². The smallest absolute Gasteiger partial charge is 0.241 e. The number of carbonyl (C=O) groups excluding carboxylic acids is 1. The molecule has 1 aromatic rings. The molecule has 0 radical (unpaired) electrons. The summed E-state index contributed by atoms with van der Waals surface area (Å²) in [4.78, 5) is 18.0. The molecule has 0 bridgehead atoms. The molecule has 1 aliphatic rings. The van der Waals surface area contributed by atoms with Gasteiger partial charge in [-0.05, 0) is 25.3 Å². The van der Waals surface area contributed by atoms with E-state index in [0.29, 0.717) is 18.1 Å². The fourth-order valence-electron chi connectivity index (χ4n) is 2.46. The molecule has 23 heavy (non-hydrogen) atoms. The van der Waals surface area contributed by atoms with Crippen LogP contribution in [0, 0.1) is 5.82 Å². The molecule has 5 nitrogen and oxygen atoms in total. The van der Waals surface area contributed by atoms with E-state index in [1.807, 2.05) is 4.90 Å². The van der Waals surface area contributed by atoms with Crippen molar-refractivity contribution in [3.63, 3.8) is 0 Å². The maximum Gasteiger partial charge on any atom is 0.241 e. The summed E-state index contributed by atoms with van der Waals surface area (Å²) in [5.41, 5.74) is 0.563. The highest BCUT2D eigenvalue weighted by Crippen LogP contribution is 2.08. The lowest BCUT2D eigenvalue weighted by Gasteiger charge is -2.27. The van der Waals surface area contributed by atoms with Crippen molar-refractivity contribution >= 4 is 35.8 Å². The summed E-state index contributed by atoms with van der Waals surface area (Å²) in [6.45, 7) is 2.20. The van der Waals surface area contributed by atoms with Gasteiger partial charge in [-0.2, -0.15) is 0 Å². The van der Waals surface area contributed by atoms with Crippen molar-refractivity contribution < 1.29 is 9.18 Å². The zero-order valence-electron chi connectivity index (χ0n) is 13.3. The molecule has 1 saturated heterocycles. The number of likely N-dealkylation sites (tertiary alicyclic amines) is 1. The zero-order valence-corrected chi connectivity index (χ0v) is 15.7. The van der Waals surface area contributed by atoms with Crippen LogP contribution in [0.1, 0.15) is 24.8 Å². The number of hydrogen-bond donors (Lipinski definition) is 2. The highest BCUT2D eigenvalue weighted by molar-refractivity contribution is 14.0. The second-order valence-corrected chi connectivity index (χ2v) is 5.31. The Morgan fingerprint density at radius 2 is 1.91 bits per heavy atom. The van der Waals surface area contributed by atoms with Gasteiger partial charge < -0.3 is 15.5 Å². The fourth-order valence-corrected chi connectivity index (χ4v) is 2.46. The first kappa shape index (κ1) is 19.7. The van der Waals surface area contributed by atoms with Crippen molar-refractivity contribution in [2.45, 2.75) is 25.8 Å².